The van der Waals surface area contributed by atoms with Crippen LogP contribution in [-0.4, -0.2) is 67.3 Å². The molecule has 0 radical (unpaired) electrons. The summed E-state index contributed by atoms with van der Waals surface area (Å²) < 4.78 is 29.7. The van der Waals surface area contributed by atoms with Gasteiger partial charge in [0.05, 0.1) is 34.1 Å². The Morgan fingerprint density at radius 1 is 0.974 bits per heavy atom. The minimum absolute atomic E-state index is 0.271. The first-order chi connectivity index (χ1) is 18.7. The molecular formula is C29H35FN6O2S. The molecule has 2 aromatic heterocycles. The summed E-state index contributed by atoms with van der Waals surface area (Å²) >= 11 is 0. The molecule has 1 saturated heterocycles. The molecule has 1 fully saturated rings. The van der Waals surface area contributed by atoms with Crippen molar-refractivity contribution in [2.24, 2.45) is 5.92 Å². The number of halogens is 1. The molecule has 1 aliphatic rings. The number of fused-ring (bicyclic) bond motifs is 1. The lowest BCUT2D eigenvalue weighted by Crippen LogP contribution is -2.45. The average molecular weight is 551 g/mol. The van der Waals surface area contributed by atoms with Crippen LogP contribution in [0, 0.1) is 11.7 Å². The number of nitrogens with zero attached hydrogens (tertiary/aromatic N) is 5. The lowest BCUT2D eigenvalue weighted by Gasteiger charge is -2.31. The van der Waals surface area contributed by atoms with E-state index in [0.29, 0.717) is 28.7 Å². The Labute approximate surface area is 231 Å². The Morgan fingerprint density at radius 3 is 2.26 bits per heavy atom. The zero-order valence-corrected chi connectivity index (χ0v) is 23.6. The second-order valence-electron chi connectivity index (χ2n) is 10.2. The Kier molecular flexibility index (Phi) is 9.55. The molecule has 5 rings (SSSR count). The van der Waals surface area contributed by atoms with Gasteiger partial charge < -0.3 is 10.2 Å². The van der Waals surface area contributed by atoms with E-state index in [-0.39, 0.29) is 11.7 Å². The maximum atomic E-state index is 13.3. The van der Waals surface area contributed by atoms with E-state index in [1.165, 1.54) is 18.3 Å². The molecule has 1 unspecified atom stereocenters. The molecule has 1 N–H and O–H groups in total. The molecule has 0 spiro atoms. The van der Waals surface area contributed by atoms with Crippen molar-refractivity contribution < 1.29 is 13.4 Å². The summed E-state index contributed by atoms with van der Waals surface area (Å²) in [5, 5.41) is 7.94. The van der Waals surface area contributed by atoms with Gasteiger partial charge >= 0.3 is 0 Å². The predicted octanol–water partition coefficient (Wildman–Crippen LogP) is 4.42. The summed E-state index contributed by atoms with van der Waals surface area (Å²) in [6.45, 7) is 10.2. The number of rotatable bonds is 6. The standard InChI is InChI=1S/C25H25FN6O2S.C4H10/c1-30-10-12-31(13-11-30)35(34)21-8-2-18(3-9-21)14-28-25(33)23-15-27-17-24-22(23)16-29-32(24)20-6-4-19(26)5-7-20;1-4(2)3/h2-9,15-17H,10-14H2,1H3,(H,28,33);4H,1-3H3. The highest BCUT2D eigenvalue weighted by Gasteiger charge is 2.20. The maximum Gasteiger partial charge on any atom is 0.253 e. The molecule has 0 bridgehead atoms. The number of carbonyl (C=O) groups is 1. The molecule has 2 aromatic carbocycles. The van der Waals surface area contributed by atoms with Gasteiger partial charge in [-0.15, -0.1) is 0 Å². The molecular weight excluding hydrogens is 515 g/mol. The van der Waals surface area contributed by atoms with Gasteiger partial charge in [0, 0.05) is 44.3 Å². The minimum atomic E-state index is -1.19. The van der Waals surface area contributed by atoms with Gasteiger partial charge in [-0.3, -0.25) is 9.78 Å². The van der Waals surface area contributed by atoms with Crippen LogP contribution in [0.5, 0.6) is 0 Å². The minimum Gasteiger partial charge on any atom is -0.348 e. The highest BCUT2D eigenvalue weighted by Crippen LogP contribution is 2.21. The lowest BCUT2D eigenvalue weighted by molar-refractivity contribution is 0.0952. The number of aromatic nitrogens is 3. The van der Waals surface area contributed by atoms with Crippen molar-refractivity contribution in [1.29, 1.82) is 0 Å². The van der Waals surface area contributed by atoms with Crippen LogP contribution >= 0.6 is 0 Å². The first kappa shape index (κ1) is 28.5. The van der Waals surface area contributed by atoms with E-state index >= 15 is 0 Å². The number of hydrogen-bond donors (Lipinski definition) is 1. The highest BCUT2D eigenvalue weighted by molar-refractivity contribution is 7.82. The largest absolute Gasteiger partial charge is 0.348 e. The lowest BCUT2D eigenvalue weighted by atomic mass is 10.1. The Balaban J connectivity index is 0.000000826. The van der Waals surface area contributed by atoms with Crippen molar-refractivity contribution in [2.45, 2.75) is 32.2 Å². The molecule has 8 nitrogen and oxygen atoms in total. The fraction of sp³-hybridized carbons (Fsp3) is 0.345. The van der Waals surface area contributed by atoms with Gasteiger partial charge in [0.1, 0.15) is 16.8 Å². The molecule has 1 aliphatic heterocycles. The molecule has 39 heavy (non-hydrogen) atoms. The summed E-state index contributed by atoms with van der Waals surface area (Å²) in [4.78, 5) is 20.1. The van der Waals surface area contributed by atoms with Gasteiger partial charge in [0.25, 0.3) is 5.91 Å². The highest BCUT2D eigenvalue weighted by atomic mass is 32.2. The molecule has 0 aliphatic carbocycles. The van der Waals surface area contributed by atoms with E-state index in [0.717, 1.165) is 42.6 Å². The molecule has 10 heteroatoms. The number of benzene rings is 2. The molecule has 206 valence electrons. The molecule has 4 aromatic rings. The van der Waals surface area contributed by atoms with Crippen molar-refractivity contribution >= 4 is 27.8 Å². The van der Waals surface area contributed by atoms with Crippen molar-refractivity contribution in [3.8, 4) is 5.69 Å². The van der Waals surface area contributed by atoms with Gasteiger partial charge in [-0.2, -0.15) is 5.10 Å². The van der Waals surface area contributed by atoms with Crippen LogP contribution in [0.4, 0.5) is 4.39 Å². The first-order valence-electron chi connectivity index (χ1n) is 13.0. The van der Waals surface area contributed by atoms with Crippen molar-refractivity contribution in [3.05, 3.63) is 84.1 Å². The van der Waals surface area contributed by atoms with Gasteiger partial charge in [0.2, 0.25) is 0 Å². The van der Waals surface area contributed by atoms with E-state index in [2.05, 4.69) is 48.1 Å². The monoisotopic (exact) mass is 550 g/mol. The second-order valence-corrected chi connectivity index (χ2v) is 11.7. The summed E-state index contributed by atoms with van der Waals surface area (Å²) in [7, 11) is 0.882. The summed E-state index contributed by atoms with van der Waals surface area (Å²) in [5.74, 6) is 0.230. The zero-order valence-electron chi connectivity index (χ0n) is 22.8. The fourth-order valence-corrected chi connectivity index (χ4v) is 5.18. The van der Waals surface area contributed by atoms with Gasteiger partial charge in [-0.25, -0.2) is 17.6 Å². The van der Waals surface area contributed by atoms with E-state index in [9.17, 15) is 13.4 Å². The van der Waals surface area contributed by atoms with Gasteiger partial charge in [-0.1, -0.05) is 32.9 Å². The zero-order chi connectivity index (χ0) is 27.9. The SMILES string of the molecule is CC(C)C.CN1CCN(S(=O)c2ccc(CNC(=O)c3cncc4c3cnn4-c3ccc(F)cc3)cc2)CC1. The number of carbonyl (C=O) groups excluding carboxylic acids is 1. The van der Waals surface area contributed by atoms with E-state index in [1.807, 2.05) is 28.6 Å². The number of pyridine rings is 1. The molecule has 3 heterocycles. The van der Waals surface area contributed by atoms with Crippen molar-refractivity contribution in [2.75, 3.05) is 33.2 Å². The summed E-state index contributed by atoms with van der Waals surface area (Å²) in [6, 6.07) is 13.4. The topological polar surface area (TPSA) is 83.4 Å². The van der Waals surface area contributed by atoms with Crippen molar-refractivity contribution in [1.82, 2.24) is 29.3 Å². The maximum absolute atomic E-state index is 13.3. The number of piperazine rings is 1. The number of hydrogen-bond acceptors (Lipinski definition) is 5. The van der Waals surface area contributed by atoms with Crippen molar-refractivity contribution in [3.63, 3.8) is 0 Å². The Hall–Kier alpha value is -3.47. The third-order valence-corrected chi connectivity index (χ3v) is 7.60. The number of likely N-dealkylation sites (N-methyl/N-ethyl adjacent to an activating group) is 1. The summed E-state index contributed by atoms with van der Waals surface area (Å²) in [6.07, 6.45) is 4.75. The van der Waals surface area contributed by atoms with Crippen LogP contribution in [0.2, 0.25) is 0 Å². The van der Waals surface area contributed by atoms with Gasteiger partial charge in [-0.05, 0) is 54.9 Å². The third-order valence-electron chi connectivity index (χ3n) is 6.09. The van der Waals surface area contributed by atoms with E-state index < -0.39 is 11.0 Å². The molecule has 1 atom stereocenters. The predicted molar refractivity (Wildman–Crippen MR) is 152 cm³/mol. The average Bonchev–Trinajstić information content (AvgIpc) is 3.36. The molecule has 0 saturated carbocycles. The second kappa shape index (κ2) is 13.1. The van der Waals surface area contributed by atoms with Crippen LogP contribution in [0.15, 0.2) is 72.0 Å². The fourth-order valence-electron chi connectivity index (χ4n) is 4.01. The normalized spacial score (nSPS) is 15.1. The third kappa shape index (κ3) is 7.35. The Morgan fingerprint density at radius 2 is 1.62 bits per heavy atom. The Bertz CT molecular complexity index is 1410. The quantitative estimate of drug-likeness (QED) is 0.384. The van der Waals surface area contributed by atoms with Crippen LogP contribution < -0.4 is 5.32 Å². The first-order valence-corrected chi connectivity index (χ1v) is 14.1. The van der Waals surface area contributed by atoms with E-state index in [1.54, 1.807) is 29.2 Å². The van der Waals surface area contributed by atoms with Gasteiger partial charge in [0.15, 0.2) is 0 Å². The van der Waals surface area contributed by atoms with Crippen LogP contribution in [0.25, 0.3) is 16.6 Å². The number of nitrogens with one attached hydrogen (secondary N) is 1. The van der Waals surface area contributed by atoms with Crippen LogP contribution in [0.3, 0.4) is 0 Å². The van der Waals surface area contributed by atoms with E-state index in [4.69, 9.17) is 0 Å². The smallest absolute Gasteiger partial charge is 0.253 e. The summed E-state index contributed by atoms with van der Waals surface area (Å²) in [5.41, 5.74) is 2.64. The van der Waals surface area contributed by atoms with Crippen LogP contribution in [-0.2, 0) is 17.5 Å². The number of amides is 1. The van der Waals surface area contributed by atoms with Crippen LogP contribution in [0.1, 0.15) is 36.7 Å². The molecule has 1 amide bonds.